The highest BCUT2D eigenvalue weighted by Crippen LogP contribution is 2.24. The van der Waals surface area contributed by atoms with Crippen LogP contribution in [-0.4, -0.2) is 34.3 Å². The molecule has 0 bridgehead atoms. The van der Waals surface area contributed by atoms with Crippen molar-refractivity contribution >= 4 is 17.5 Å². The number of Topliss-reactive ketones (excluding diaryl/α,β-unsaturated/α-hetero) is 1. The van der Waals surface area contributed by atoms with Crippen LogP contribution >= 0.6 is 11.8 Å². The van der Waals surface area contributed by atoms with Gasteiger partial charge in [0, 0.05) is 17.0 Å². The van der Waals surface area contributed by atoms with Crippen LogP contribution in [0.15, 0.2) is 35.4 Å². The Morgan fingerprint density at radius 1 is 1.36 bits per heavy atom. The van der Waals surface area contributed by atoms with E-state index in [2.05, 4.69) is 11.1 Å². The van der Waals surface area contributed by atoms with Crippen molar-refractivity contribution in [2.45, 2.75) is 31.9 Å². The summed E-state index contributed by atoms with van der Waals surface area (Å²) < 4.78 is 5.53. The van der Waals surface area contributed by atoms with Gasteiger partial charge in [0.15, 0.2) is 5.78 Å². The van der Waals surface area contributed by atoms with E-state index in [0.29, 0.717) is 27.7 Å². The summed E-state index contributed by atoms with van der Waals surface area (Å²) in [6.45, 7) is 5.39. The Labute approximate surface area is 151 Å². The van der Waals surface area contributed by atoms with Crippen molar-refractivity contribution < 1.29 is 14.6 Å². The van der Waals surface area contributed by atoms with Gasteiger partial charge in [-0.2, -0.15) is 5.26 Å². The maximum absolute atomic E-state index is 11.2. The van der Waals surface area contributed by atoms with Crippen LogP contribution in [0, 0.1) is 25.2 Å². The highest BCUT2D eigenvalue weighted by atomic mass is 32.2. The number of aryl methyl sites for hydroxylation is 2. The third kappa shape index (κ3) is 5.31. The zero-order valence-electron chi connectivity index (χ0n) is 14.4. The van der Waals surface area contributed by atoms with E-state index in [1.54, 1.807) is 24.3 Å². The lowest BCUT2D eigenvalue weighted by Crippen LogP contribution is -2.20. The molecule has 0 aliphatic rings. The number of pyridine rings is 1. The molecule has 1 aromatic carbocycles. The van der Waals surface area contributed by atoms with Crippen molar-refractivity contribution in [2.24, 2.45) is 0 Å². The van der Waals surface area contributed by atoms with Gasteiger partial charge in [0.25, 0.3) is 0 Å². The van der Waals surface area contributed by atoms with Gasteiger partial charge in [-0.3, -0.25) is 4.79 Å². The van der Waals surface area contributed by atoms with Crippen LogP contribution < -0.4 is 4.74 Å². The number of ketones is 1. The second-order valence-electron chi connectivity index (χ2n) is 5.73. The number of carbonyl (C=O) groups is 1. The number of rotatable bonds is 7. The number of ether oxygens (including phenoxy) is 1. The lowest BCUT2D eigenvalue weighted by atomic mass is 10.1. The molecule has 1 aromatic heterocycles. The summed E-state index contributed by atoms with van der Waals surface area (Å²) in [5.74, 6) is 0.962. The maximum Gasteiger partial charge on any atom is 0.159 e. The first kappa shape index (κ1) is 19.0. The molecular weight excluding hydrogens is 336 g/mol. The summed E-state index contributed by atoms with van der Waals surface area (Å²) in [5, 5.41) is 20.0. The Morgan fingerprint density at radius 2 is 2.04 bits per heavy atom. The van der Waals surface area contributed by atoms with Crippen molar-refractivity contribution in [1.82, 2.24) is 4.98 Å². The van der Waals surface area contributed by atoms with Gasteiger partial charge >= 0.3 is 0 Å². The summed E-state index contributed by atoms with van der Waals surface area (Å²) in [5.41, 5.74) is 2.89. The summed E-state index contributed by atoms with van der Waals surface area (Å²) in [4.78, 5) is 15.6. The van der Waals surface area contributed by atoms with E-state index in [1.807, 2.05) is 19.9 Å². The van der Waals surface area contributed by atoms with Gasteiger partial charge < -0.3 is 9.84 Å². The Bertz CT molecular complexity index is 798. The molecule has 0 saturated heterocycles. The van der Waals surface area contributed by atoms with E-state index in [9.17, 15) is 15.2 Å². The maximum atomic E-state index is 11.2. The lowest BCUT2D eigenvalue weighted by Gasteiger charge is -2.13. The lowest BCUT2D eigenvalue weighted by molar-refractivity contribution is 0.101. The monoisotopic (exact) mass is 356 g/mol. The Balaban J connectivity index is 1.90. The number of aliphatic hydroxyl groups is 1. The predicted octanol–water partition coefficient (Wildman–Crippen LogP) is 3.30. The first-order chi connectivity index (χ1) is 11.9. The third-order valence-corrected chi connectivity index (χ3v) is 4.66. The van der Waals surface area contributed by atoms with E-state index in [0.717, 1.165) is 11.3 Å². The molecule has 25 heavy (non-hydrogen) atoms. The predicted molar refractivity (Wildman–Crippen MR) is 97.1 cm³/mol. The van der Waals surface area contributed by atoms with E-state index in [-0.39, 0.29) is 12.4 Å². The van der Waals surface area contributed by atoms with Gasteiger partial charge in [-0.05, 0) is 56.7 Å². The van der Waals surface area contributed by atoms with Gasteiger partial charge in [-0.1, -0.05) is 0 Å². The number of aliphatic hydroxyl groups excluding tert-OH is 1. The molecule has 0 aliphatic carbocycles. The van der Waals surface area contributed by atoms with Gasteiger partial charge in [0.1, 0.15) is 23.5 Å². The highest BCUT2D eigenvalue weighted by molar-refractivity contribution is 7.99. The summed E-state index contributed by atoms with van der Waals surface area (Å²) in [6.07, 6.45) is -0.702. The summed E-state index contributed by atoms with van der Waals surface area (Å²) in [7, 11) is 0. The number of nitriles is 1. The molecule has 0 radical (unpaired) electrons. The van der Waals surface area contributed by atoms with Gasteiger partial charge in [0.05, 0.1) is 11.7 Å². The average molecular weight is 356 g/mol. The number of aromatic nitrogens is 1. The molecule has 0 fully saturated rings. The molecule has 1 heterocycles. The smallest absolute Gasteiger partial charge is 0.159 e. The minimum atomic E-state index is -0.702. The summed E-state index contributed by atoms with van der Waals surface area (Å²) in [6, 6.07) is 10.8. The molecule has 0 spiro atoms. The third-order valence-electron chi connectivity index (χ3n) is 3.54. The first-order valence-electron chi connectivity index (χ1n) is 7.83. The van der Waals surface area contributed by atoms with Crippen molar-refractivity contribution in [3.05, 3.63) is 52.7 Å². The number of benzene rings is 1. The standard InChI is InChI=1S/C19H20N2O3S/c1-12-8-13(2)21-19(18(12)9-20)25-11-16(23)10-24-17-6-4-15(5-7-17)14(3)22/h4-8,16,23H,10-11H2,1-3H3. The van der Waals surface area contributed by atoms with Crippen LogP contribution in [0.1, 0.15) is 34.1 Å². The molecular formula is C19H20N2O3S. The second-order valence-corrected chi connectivity index (χ2v) is 6.74. The highest BCUT2D eigenvalue weighted by Gasteiger charge is 2.13. The molecule has 0 aliphatic heterocycles. The van der Waals surface area contributed by atoms with E-state index in [1.165, 1.54) is 18.7 Å². The largest absolute Gasteiger partial charge is 0.491 e. The van der Waals surface area contributed by atoms with Crippen LogP contribution in [0.3, 0.4) is 0 Å². The second kappa shape index (κ2) is 8.65. The number of hydrogen-bond donors (Lipinski definition) is 1. The SMILES string of the molecule is CC(=O)c1ccc(OCC(O)CSc2nc(C)cc(C)c2C#N)cc1. The topological polar surface area (TPSA) is 83.2 Å². The van der Waals surface area contributed by atoms with Crippen molar-refractivity contribution in [3.8, 4) is 11.8 Å². The minimum absolute atomic E-state index is 0.00257. The number of carbonyl (C=O) groups excluding carboxylic acids is 1. The van der Waals surface area contributed by atoms with Crippen LogP contribution in [0.4, 0.5) is 0 Å². The molecule has 1 N–H and O–H groups in total. The van der Waals surface area contributed by atoms with E-state index in [4.69, 9.17) is 4.74 Å². The molecule has 2 aromatic rings. The van der Waals surface area contributed by atoms with Crippen LogP contribution in [0.2, 0.25) is 0 Å². The fourth-order valence-corrected chi connectivity index (χ4v) is 3.25. The van der Waals surface area contributed by atoms with E-state index < -0.39 is 6.10 Å². The van der Waals surface area contributed by atoms with Gasteiger partial charge in [-0.15, -0.1) is 11.8 Å². The minimum Gasteiger partial charge on any atom is -0.491 e. The number of thioether (sulfide) groups is 1. The molecule has 130 valence electrons. The first-order valence-corrected chi connectivity index (χ1v) is 8.82. The summed E-state index contributed by atoms with van der Waals surface area (Å²) >= 11 is 1.34. The van der Waals surface area contributed by atoms with E-state index >= 15 is 0 Å². The molecule has 2 rings (SSSR count). The van der Waals surface area contributed by atoms with Crippen LogP contribution in [-0.2, 0) is 0 Å². The van der Waals surface area contributed by atoms with Gasteiger partial charge in [-0.25, -0.2) is 4.98 Å². The normalized spacial score (nSPS) is 11.6. The zero-order chi connectivity index (χ0) is 18.4. The van der Waals surface area contributed by atoms with Crippen molar-refractivity contribution in [1.29, 1.82) is 5.26 Å². The Hall–Kier alpha value is -2.36. The molecule has 6 heteroatoms. The van der Waals surface area contributed by atoms with Crippen LogP contribution in [0.5, 0.6) is 5.75 Å². The molecule has 0 amide bonds. The fourth-order valence-electron chi connectivity index (χ4n) is 2.24. The number of hydrogen-bond acceptors (Lipinski definition) is 6. The zero-order valence-corrected chi connectivity index (χ0v) is 15.3. The quantitative estimate of drug-likeness (QED) is 0.605. The molecule has 1 atom stereocenters. The average Bonchev–Trinajstić information content (AvgIpc) is 2.58. The number of nitrogens with zero attached hydrogens (tertiary/aromatic N) is 2. The van der Waals surface area contributed by atoms with Gasteiger partial charge in [0.2, 0.25) is 0 Å². The van der Waals surface area contributed by atoms with Crippen molar-refractivity contribution in [3.63, 3.8) is 0 Å². The Morgan fingerprint density at radius 3 is 2.64 bits per heavy atom. The fraction of sp³-hybridized carbons (Fsp3) is 0.316. The van der Waals surface area contributed by atoms with Crippen LogP contribution in [0.25, 0.3) is 0 Å². The van der Waals surface area contributed by atoms with Crippen molar-refractivity contribution in [2.75, 3.05) is 12.4 Å². The Kier molecular flexibility index (Phi) is 6.57. The molecule has 0 saturated carbocycles. The molecule has 1 unspecified atom stereocenters. The molecule has 5 nitrogen and oxygen atoms in total.